The molecule has 0 aliphatic carbocycles. The second-order valence-corrected chi connectivity index (χ2v) is 7.14. The van der Waals surface area contributed by atoms with Gasteiger partial charge < -0.3 is 29.3 Å². The third-order valence-electron chi connectivity index (χ3n) is 5.18. The smallest absolute Gasteiger partial charge is 0.265 e. The van der Waals surface area contributed by atoms with Crippen molar-refractivity contribution in [3.63, 3.8) is 0 Å². The number of anilines is 2. The van der Waals surface area contributed by atoms with Gasteiger partial charge in [-0.25, -0.2) is 0 Å². The number of fused-ring (bicyclic) bond motifs is 1. The highest BCUT2D eigenvalue weighted by molar-refractivity contribution is 5.96. The SMILES string of the molecule is COc1ccccc1NC(=O)CN1CC(C(=O)N2CCOCC2)Oc2ccccc21. The van der Waals surface area contributed by atoms with E-state index in [9.17, 15) is 9.59 Å². The van der Waals surface area contributed by atoms with Crippen LogP contribution < -0.4 is 19.7 Å². The molecular formula is C22H25N3O5. The van der Waals surface area contributed by atoms with Crippen molar-refractivity contribution in [3.05, 3.63) is 48.5 Å². The molecule has 1 unspecified atom stereocenters. The molecule has 2 amide bonds. The van der Waals surface area contributed by atoms with Gasteiger partial charge in [-0.1, -0.05) is 24.3 Å². The van der Waals surface area contributed by atoms with Crippen molar-refractivity contribution in [2.75, 3.05) is 56.7 Å². The zero-order valence-electron chi connectivity index (χ0n) is 16.9. The van der Waals surface area contributed by atoms with Gasteiger partial charge in [0.25, 0.3) is 5.91 Å². The summed E-state index contributed by atoms with van der Waals surface area (Å²) in [6.07, 6.45) is -0.669. The highest BCUT2D eigenvalue weighted by Crippen LogP contribution is 2.33. The molecule has 1 atom stereocenters. The number of amides is 2. The number of hydrogen-bond donors (Lipinski definition) is 1. The largest absolute Gasteiger partial charge is 0.495 e. The summed E-state index contributed by atoms with van der Waals surface area (Å²) in [7, 11) is 1.56. The Morgan fingerprint density at radius 1 is 1.10 bits per heavy atom. The van der Waals surface area contributed by atoms with E-state index in [0.717, 1.165) is 5.69 Å². The van der Waals surface area contributed by atoms with Crippen molar-refractivity contribution in [2.45, 2.75) is 6.10 Å². The van der Waals surface area contributed by atoms with Gasteiger partial charge >= 0.3 is 0 Å². The maximum atomic E-state index is 13.0. The van der Waals surface area contributed by atoms with Crippen LogP contribution in [0, 0.1) is 0 Å². The van der Waals surface area contributed by atoms with Gasteiger partial charge in [0.05, 0.1) is 44.8 Å². The van der Waals surface area contributed by atoms with E-state index in [4.69, 9.17) is 14.2 Å². The molecule has 0 saturated carbocycles. The molecule has 0 spiro atoms. The number of ether oxygens (including phenoxy) is 3. The zero-order valence-corrected chi connectivity index (χ0v) is 16.9. The highest BCUT2D eigenvalue weighted by atomic mass is 16.5. The Hall–Kier alpha value is -3.26. The van der Waals surface area contributed by atoms with Gasteiger partial charge in [0.1, 0.15) is 11.5 Å². The molecule has 2 aliphatic heterocycles. The van der Waals surface area contributed by atoms with Crippen LogP contribution in [-0.4, -0.2) is 69.3 Å². The van der Waals surface area contributed by atoms with E-state index in [1.807, 2.05) is 41.3 Å². The summed E-state index contributed by atoms with van der Waals surface area (Å²) >= 11 is 0. The van der Waals surface area contributed by atoms with Gasteiger partial charge in [0, 0.05) is 13.1 Å². The summed E-state index contributed by atoms with van der Waals surface area (Å²) in [5.74, 6) is 0.908. The van der Waals surface area contributed by atoms with Crippen LogP contribution in [0.1, 0.15) is 0 Å². The minimum atomic E-state index is -0.669. The number of morpholine rings is 1. The lowest BCUT2D eigenvalue weighted by Crippen LogP contribution is -2.53. The first-order chi connectivity index (χ1) is 14.7. The Bertz CT molecular complexity index is 913. The van der Waals surface area contributed by atoms with Crippen LogP contribution in [0.5, 0.6) is 11.5 Å². The molecule has 8 nitrogen and oxygen atoms in total. The minimum Gasteiger partial charge on any atom is -0.495 e. The Morgan fingerprint density at radius 2 is 1.83 bits per heavy atom. The molecule has 2 aliphatic rings. The Labute approximate surface area is 175 Å². The van der Waals surface area contributed by atoms with Gasteiger partial charge in [-0.3, -0.25) is 9.59 Å². The van der Waals surface area contributed by atoms with Gasteiger partial charge in [0.15, 0.2) is 6.10 Å². The van der Waals surface area contributed by atoms with Crippen molar-refractivity contribution in [1.29, 1.82) is 0 Å². The first-order valence-corrected chi connectivity index (χ1v) is 9.96. The van der Waals surface area contributed by atoms with Gasteiger partial charge in [-0.05, 0) is 24.3 Å². The fourth-order valence-corrected chi connectivity index (χ4v) is 3.68. The van der Waals surface area contributed by atoms with E-state index >= 15 is 0 Å². The number of para-hydroxylation sites is 4. The van der Waals surface area contributed by atoms with Crippen LogP contribution >= 0.6 is 0 Å². The van der Waals surface area contributed by atoms with Gasteiger partial charge in [-0.2, -0.15) is 0 Å². The average Bonchev–Trinajstić information content (AvgIpc) is 2.79. The lowest BCUT2D eigenvalue weighted by Gasteiger charge is -2.38. The van der Waals surface area contributed by atoms with Crippen molar-refractivity contribution in [1.82, 2.24) is 4.90 Å². The average molecular weight is 411 g/mol. The predicted molar refractivity (Wildman–Crippen MR) is 112 cm³/mol. The molecule has 2 heterocycles. The van der Waals surface area contributed by atoms with E-state index in [1.54, 1.807) is 24.1 Å². The number of benzene rings is 2. The Morgan fingerprint density at radius 3 is 2.63 bits per heavy atom. The van der Waals surface area contributed by atoms with Crippen LogP contribution in [-0.2, 0) is 14.3 Å². The van der Waals surface area contributed by atoms with Crippen LogP contribution in [0.3, 0.4) is 0 Å². The van der Waals surface area contributed by atoms with Gasteiger partial charge in [-0.15, -0.1) is 0 Å². The molecular weight excluding hydrogens is 386 g/mol. The summed E-state index contributed by atoms with van der Waals surface area (Å²) in [6.45, 7) is 2.54. The molecule has 4 rings (SSSR count). The number of nitrogens with zero attached hydrogens (tertiary/aromatic N) is 2. The molecule has 8 heteroatoms. The summed E-state index contributed by atoms with van der Waals surface area (Å²) in [6, 6.07) is 14.7. The normalized spacial score (nSPS) is 18.2. The Kier molecular flexibility index (Phi) is 6.04. The first-order valence-electron chi connectivity index (χ1n) is 9.96. The number of methoxy groups -OCH3 is 1. The van der Waals surface area contributed by atoms with Crippen molar-refractivity contribution in [2.24, 2.45) is 0 Å². The zero-order chi connectivity index (χ0) is 20.9. The lowest BCUT2D eigenvalue weighted by atomic mass is 10.1. The molecule has 0 bridgehead atoms. The number of rotatable bonds is 5. The van der Waals surface area contributed by atoms with Crippen molar-refractivity contribution >= 4 is 23.2 Å². The molecule has 1 saturated heterocycles. The fourth-order valence-electron chi connectivity index (χ4n) is 3.68. The van der Waals surface area contributed by atoms with Gasteiger partial charge in [0.2, 0.25) is 5.91 Å². The van der Waals surface area contributed by atoms with Crippen LogP contribution in [0.2, 0.25) is 0 Å². The van der Waals surface area contributed by atoms with E-state index in [2.05, 4.69) is 5.32 Å². The minimum absolute atomic E-state index is 0.0806. The number of nitrogens with one attached hydrogen (secondary N) is 1. The quantitative estimate of drug-likeness (QED) is 0.808. The Balaban J connectivity index is 1.49. The number of carbonyl (C=O) groups excluding carboxylic acids is 2. The summed E-state index contributed by atoms with van der Waals surface area (Å²) in [4.78, 5) is 29.4. The van der Waals surface area contributed by atoms with E-state index in [-0.39, 0.29) is 18.4 Å². The van der Waals surface area contributed by atoms with E-state index in [1.165, 1.54) is 0 Å². The number of carbonyl (C=O) groups is 2. The maximum Gasteiger partial charge on any atom is 0.265 e. The monoisotopic (exact) mass is 411 g/mol. The van der Waals surface area contributed by atoms with Crippen LogP contribution in [0.4, 0.5) is 11.4 Å². The summed E-state index contributed by atoms with van der Waals surface area (Å²) < 4.78 is 16.6. The lowest BCUT2D eigenvalue weighted by molar-refractivity contribution is -0.142. The molecule has 2 aromatic carbocycles. The highest BCUT2D eigenvalue weighted by Gasteiger charge is 2.34. The third kappa shape index (κ3) is 4.33. The maximum absolute atomic E-state index is 13.0. The second-order valence-electron chi connectivity index (χ2n) is 7.14. The fraction of sp³-hybridized carbons (Fsp3) is 0.364. The second kappa shape index (κ2) is 9.04. The van der Waals surface area contributed by atoms with E-state index in [0.29, 0.717) is 50.0 Å². The van der Waals surface area contributed by atoms with E-state index < -0.39 is 6.10 Å². The molecule has 0 radical (unpaired) electrons. The molecule has 158 valence electrons. The molecule has 1 N–H and O–H groups in total. The topological polar surface area (TPSA) is 80.3 Å². The first kappa shape index (κ1) is 20.0. The van der Waals surface area contributed by atoms with Crippen molar-refractivity contribution in [3.8, 4) is 11.5 Å². The molecule has 30 heavy (non-hydrogen) atoms. The number of hydrogen-bond acceptors (Lipinski definition) is 6. The predicted octanol–water partition coefficient (Wildman–Crippen LogP) is 1.76. The third-order valence-corrected chi connectivity index (χ3v) is 5.18. The summed E-state index contributed by atoms with van der Waals surface area (Å²) in [5.41, 5.74) is 1.39. The standard InChI is InChI=1S/C22H25N3O5/c1-28-18-8-4-2-6-16(18)23-21(26)15-25-14-20(22(27)24-10-12-29-13-11-24)30-19-9-5-3-7-17(19)25/h2-9,20H,10-15H2,1H3,(H,23,26). The molecule has 1 fully saturated rings. The van der Waals surface area contributed by atoms with Crippen molar-refractivity contribution < 1.29 is 23.8 Å². The van der Waals surface area contributed by atoms with Crippen LogP contribution in [0.25, 0.3) is 0 Å². The summed E-state index contributed by atoms with van der Waals surface area (Å²) in [5, 5.41) is 2.89. The molecule has 2 aromatic rings. The van der Waals surface area contributed by atoms with Crippen LogP contribution in [0.15, 0.2) is 48.5 Å². The molecule has 0 aromatic heterocycles.